The van der Waals surface area contributed by atoms with Crippen LogP contribution in [-0.2, 0) is 11.3 Å². The van der Waals surface area contributed by atoms with Gasteiger partial charge in [-0.3, -0.25) is 19.1 Å². The van der Waals surface area contributed by atoms with E-state index in [-0.39, 0.29) is 24.7 Å². The molecule has 3 N–H and O–H groups in total. The number of rotatable bonds is 8. The van der Waals surface area contributed by atoms with E-state index in [9.17, 15) is 14.4 Å². The number of anilines is 2. The number of nitrogen functional groups attached to an aromatic ring is 1. The maximum atomic E-state index is 12.6. The van der Waals surface area contributed by atoms with Crippen molar-refractivity contribution in [3.05, 3.63) is 49.6 Å². The SMILES string of the molecule is CCCCn1c(N)c(N(CC)C(=O)COc2ccc(Br)cc2)c(=O)[nH]c1=O. The molecule has 0 fully saturated rings. The van der Waals surface area contributed by atoms with Crippen molar-refractivity contribution in [2.45, 2.75) is 33.2 Å². The van der Waals surface area contributed by atoms with Gasteiger partial charge in [0.1, 0.15) is 11.6 Å². The molecule has 2 aromatic rings. The van der Waals surface area contributed by atoms with Gasteiger partial charge in [-0.05, 0) is 37.6 Å². The minimum atomic E-state index is -0.691. The summed E-state index contributed by atoms with van der Waals surface area (Å²) in [4.78, 5) is 40.4. The number of unbranched alkanes of at least 4 members (excludes halogenated alkanes) is 1. The number of hydrogen-bond acceptors (Lipinski definition) is 5. The molecule has 0 spiro atoms. The van der Waals surface area contributed by atoms with Crippen molar-refractivity contribution >= 4 is 33.3 Å². The first-order valence-corrected chi connectivity index (χ1v) is 9.49. The Morgan fingerprint density at radius 3 is 2.52 bits per heavy atom. The van der Waals surface area contributed by atoms with Crippen LogP contribution < -0.4 is 26.6 Å². The predicted molar refractivity (Wildman–Crippen MR) is 108 cm³/mol. The Bertz CT molecular complexity index is 905. The molecule has 0 bridgehead atoms. The molecule has 1 aromatic heterocycles. The van der Waals surface area contributed by atoms with Crippen LogP contribution in [0, 0.1) is 0 Å². The topological polar surface area (TPSA) is 110 Å². The Hall–Kier alpha value is -2.55. The third-order valence-electron chi connectivity index (χ3n) is 4.01. The third-order valence-corrected chi connectivity index (χ3v) is 4.54. The number of amides is 1. The normalized spacial score (nSPS) is 10.6. The molecule has 1 heterocycles. The van der Waals surface area contributed by atoms with Gasteiger partial charge in [-0.15, -0.1) is 0 Å². The summed E-state index contributed by atoms with van der Waals surface area (Å²) in [6, 6.07) is 7.03. The van der Waals surface area contributed by atoms with Crippen LogP contribution >= 0.6 is 15.9 Å². The number of carbonyl (C=O) groups is 1. The fourth-order valence-corrected chi connectivity index (χ4v) is 2.85. The monoisotopic (exact) mass is 438 g/mol. The fraction of sp³-hybridized carbons (Fsp3) is 0.389. The van der Waals surface area contributed by atoms with Crippen LogP contribution in [0.5, 0.6) is 5.75 Å². The number of hydrogen-bond donors (Lipinski definition) is 2. The molecule has 0 unspecified atom stereocenters. The quantitative estimate of drug-likeness (QED) is 0.655. The van der Waals surface area contributed by atoms with E-state index in [0.29, 0.717) is 12.3 Å². The van der Waals surface area contributed by atoms with Crippen LogP contribution in [0.15, 0.2) is 38.3 Å². The number of aromatic nitrogens is 2. The third kappa shape index (κ3) is 5.00. The summed E-state index contributed by atoms with van der Waals surface area (Å²) >= 11 is 3.33. The summed E-state index contributed by atoms with van der Waals surface area (Å²) in [6.45, 7) is 4.02. The number of likely N-dealkylation sites (N-methyl/N-ethyl adjacent to an activating group) is 1. The highest BCUT2D eigenvalue weighted by Gasteiger charge is 2.23. The first kappa shape index (κ1) is 20.8. The van der Waals surface area contributed by atoms with Gasteiger partial charge in [0.05, 0.1) is 0 Å². The summed E-state index contributed by atoms with van der Waals surface area (Å²) in [7, 11) is 0. The zero-order valence-corrected chi connectivity index (χ0v) is 16.9. The molecule has 9 heteroatoms. The van der Waals surface area contributed by atoms with Crippen LogP contribution in [0.3, 0.4) is 0 Å². The van der Waals surface area contributed by atoms with Crippen LogP contribution in [0.25, 0.3) is 0 Å². The maximum Gasteiger partial charge on any atom is 0.330 e. The van der Waals surface area contributed by atoms with Crippen molar-refractivity contribution in [1.82, 2.24) is 9.55 Å². The molecule has 2 rings (SSSR count). The molecular formula is C18H23BrN4O4. The number of halogens is 1. The van der Waals surface area contributed by atoms with E-state index in [2.05, 4.69) is 20.9 Å². The second-order valence-electron chi connectivity index (χ2n) is 5.88. The predicted octanol–water partition coefficient (Wildman–Crippen LogP) is 2.11. The number of H-pyrrole nitrogens is 1. The number of nitrogens with zero attached hydrogens (tertiary/aromatic N) is 2. The second-order valence-corrected chi connectivity index (χ2v) is 6.79. The van der Waals surface area contributed by atoms with Gasteiger partial charge in [0.2, 0.25) is 0 Å². The van der Waals surface area contributed by atoms with Crippen LogP contribution in [0.2, 0.25) is 0 Å². The molecule has 0 aliphatic heterocycles. The van der Waals surface area contributed by atoms with Gasteiger partial charge in [-0.25, -0.2) is 4.79 Å². The minimum absolute atomic E-state index is 0.0176. The highest BCUT2D eigenvalue weighted by atomic mass is 79.9. The van der Waals surface area contributed by atoms with E-state index in [1.54, 1.807) is 31.2 Å². The summed E-state index contributed by atoms with van der Waals surface area (Å²) in [6.07, 6.45) is 1.58. The van der Waals surface area contributed by atoms with Crippen molar-refractivity contribution in [3.8, 4) is 5.75 Å². The number of carbonyl (C=O) groups excluding carboxylic acids is 1. The number of ether oxygens (including phenoxy) is 1. The molecule has 1 amide bonds. The lowest BCUT2D eigenvalue weighted by Crippen LogP contribution is -2.42. The summed E-state index contributed by atoms with van der Waals surface area (Å²) in [5.41, 5.74) is 4.77. The first-order valence-electron chi connectivity index (χ1n) is 8.70. The van der Waals surface area contributed by atoms with E-state index in [1.807, 2.05) is 6.92 Å². The number of benzene rings is 1. The van der Waals surface area contributed by atoms with Gasteiger partial charge in [-0.2, -0.15) is 0 Å². The molecule has 27 heavy (non-hydrogen) atoms. The van der Waals surface area contributed by atoms with Gasteiger partial charge in [0.15, 0.2) is 12.3 Å². The Kier molecular flexibility index (Phi) is 7.23. The van der Waals surface area contributed by atoms with Gasteiger partial charge in [0, 0.05) is 17.6 Å². The fourth-order valence-electron chi connectivity index (χ4n) is 2.59. The number of nitrogens with one attached hydrogen (secondary N) is 1. The smallest absolute Gasteiger partial charge is 0.330 e. The molecule has 0 aliphatic rings. The zero-order valence-electron chi connectivity index (χ0n) is 15.3. The maximum absolute atomic E-state index is 12.6. The zero-order chi connectivity index (χ0) is 20.0. The number of aromatic amines is 1. The lowest BCUT2D eigenvalue weighted by Gasteiger charge is -2.23. The van der Waals surface area contributed by atoms with E-state index in [0.717, 1.165) is 17.3 Å². The van der Waals surface area contributed by atoms with Crippen molar-refractivity contribution in [1.29, 1.82) is 0 Å². The molecule has 0 saturated carbocycles. The van der Waals surface area contributed by atoms with E-state index in [4.69, 9.17) is 10.5 Å². The largest absolute Gasteiger partial charge is 0.484 e. The Labute approximate surface area is 165 Å². The van der Waals surface area contributed by atoms with Crippen LogP contribution in [-0.4, -0.2) is 28.6 Å². The standard InChI is InChI=1S/C18H23BrN4O4/c1-3-5-10-23-16(20)15(17(25)21-18(23)26)22(4-2)14(24)11-27-13-8-6-12(19)7-9-13/h6-9H,3-5,10-11,20H2,1-2H3,(H,21,25,26). The van der Waals surface area contributed by atoms with E-state index < -0.39 is 17.2 Å². The average molecular weight is 439 g/mol. The molecular weight excluding hydrogens is 416 g/mol. The Morgan fingerprint density at radius 2 is 1.93 bits per heavy atom. The molecule has 0 atom stereocenters. The van der Waals surface area contributed by atoms with E-state index >= 15 is 0 Å². The average Bonchev–Trinajstić information content (AvgIpc) is 2.64. The minimum Gasteiger partial charge on any atom is -0.484 e. The Morgan fingerprint density at radius 1 is 1.26 bits per heavy atom. The summed E-state index contributed by atoms with van der Waals surface area (Å²) < 4.78 is 7.67. The van der Waals surface area contributed by atoms with Crippen molar-refractivity contribution in [3.63, 3.8) is 0 Å². The second kappa shape index (κ2) is 9.40. The Balaban J connectivity index is 2.27. The lowest BCUT2D eigenvalue weighted by atomic mass is 10.3. The van der Waals surface area contributed by atoms with Crippen molar-refractivity contribution < 1.29 is 9.53 Å². The van der Waals surface area contributed by atoms with Gasteiger partial charge in [-0.1, -0.05) is 29.3 Å². The lowest BCUT2D eigenvalue weighted by molar-refractivity contribution is -0.120. The molecule has 1 aromatic carbocycles. The molecule has 0 aliphatic carbocycles. The first-order chi connectivity index (χ1) is 12.9. The van der Waals surface area contributed by atoms with Crippen LogP contribution in [0.1, 0.15) is 26.7 Å². The van der Waals surface area contributed by atoms with E-state index in [1.165, 1.54) is 9.47 Å². The highest BCUT2D eigenvalue weighted by molar-refractivity contribution is 9.10. The van der Waals surface area contributed by atoms with Gasteiger partial charge >= 0.3 is 5.69 Å². The highest BCUT2D eigenvalue weighted by Crippen LogP contribution is 2.19. The number of nitrogens with two attached hydrogens (primary N) is 1. The van der Waals surface area contributed by atoms with Gasteiger partial charge < -0.3 is 15.4 Å². The summed E-state index contributed by atoms with van der Waals surface area (Å²) in [5, 5.41) is 0. The molecule has 0 saturated heterocycles. The molecule has 0 radical (unpaired) electrons. The van der Waals surface area contributed by atoms with Gasteiger partial charge in [0.25, 0.3) is 11.5 Å². The van der Waals surface area contributed by atoms with Crippen molar-refractivity contribution in [2.24, 2.45) is 0 Å². The molecule has 8 nitrogen and oxygen atoms in total. The molecule has 146 valence electrons. The van der Waals surface area contributed by atoms with Crippen molar-refractivity contribution in [2.75, 3.05) is 23.8 Å². The summed E-state index contributed by atoms with van der Waals surface area (Å²) in [5.74, 6) is 0.0757. The van der Waals surface area contributed by atoms with Crippen LogP contribution in [0.4, 0.5) is 11.5 Å².